The number of nitrogens with zero attached hydrogens (tertiary/aromatic N) is 1. The van der Waals surface area contributed by atoms with Crippen molar-refractivity contribution in [1.29, 1.82) is 5.41 Å². The van der Waals surface area contributed by atoms with Crippen LogP contribution >= 0.6 is 0 Å². The number of nitrogens with two attached hydrogens (primary N) is 1. The van der Waals surface area contributed by atoms with Crippen molar-refractivity contribution >= 4 is 5.84 Å². The van der Waals surface area contributed by atoms with Crippen LogP contribution in [0.1, 0.15) is 18.4 Å². The maximum Gasteiger partial charge on any atom is 0.122 e. The maximum absolute atomic E-state index is 7.29. The molecule has 0 radical (unpaired) electrons. The van der Waals surface area contributed by atoms with Gasteiger partial charge in [-0.1, -0.05) is 0 Å². The van der Waals surface area contributed by atoms with Crippen molar-refractivity contribution in [3.63, 3.8) is 0 Å². The van der Waals surface area contributed by atoms with Gasteiger partial charge in [-0.25, -0.2) is 0 Å². The molecule has 4 nitrogen and oxygen atoms in total. The average Bonchev–Trinajstić information content (AvgIpc) is 2.83. The second kappa shape index (κ2) is 5.68. The number of benzene rings is 1. The molecule has 92 valence electrons. The Hall–Kier alpha value is -1.55. The molecule has 4 heteroatoms. The highest BCUT2D eigenvalue weighted by Crippen LogP contribution is 2.12. The van der Waals surface area contributed by atoms with Gasteiger partial charge in [0.2, 0.25) is 0 Å². The predicted octanol–water partition coefficient (Wildman–Crippen LogP) is 1.45. The van der Waals surface area contributed by atoms with E-state index >= 15 is 0 Å². The average molecular weight is 233 g/mol. The molecule has 1 aliphatic heterocycles. The lowest BCUT2D eigenvalue weighted by molar-refractivity contribution is 0.238. The van der Waals surface area contributed by atoms with Crippen LogP contribution in [0.4, 0.5) is 0 Å². The highest BCUT2D eigenvalue weighted by Gasteiger charge is 2.10. The lowest BCUT2D eigenvalue weighted by atomic mass is 10.2. The van der Waals surface area contributed by atoms with E-state index in [4.69, 9.17) is 15.9 Å². The summed E-state index contributed by atoms with van der Waals surface area (Å²) < 4.78 is 5.65. The third-order valence-corrected chi connectivity index (χ3v) is 3.04. The predicted molar refractivity (Wildman–Crippen MR) is 68.6 cm³/mol. The fourth-order valence-electron chi connectivity index (χ4n) is 2.03. The minimum Gasteiger partial charge on any atom is -0.492 e. The van der Waals surface area contributed by atoms with Crippen LogP contribution < -0.4 is 10.5 Å². The maximum atomic E-state index is 7.29. The van der Waals surface area contributed by atoms with Crippen molar-refractivity contribution in [1.82, 2.24) is 4.90 Å². The van der Waals surface area contributed by atoms with Crippen LogP contribution in [0.2, 0.25) is 0 Å². The molecule has 1 aromatic rings. The first-order valence-corrected chi connectivity index (χ1v) is 6.05. The minimum absolute atomic E-state index is 0.0913. The number of hydrogen-bond donors (Lipinski definition) is 2. The lowest BCUT2D eigenvalue weighted by Gasteiger charge is -2.14. The zero-order valence-electron chi connectivity index (χ0n) is 9.98. The third kappa shape index (κ3) is 3.46. The van der Waals surface area contributed by atoms with Gasteiger partial charge in [-0.15, -0.1) is 0 Å². The zero-order valence-corrected chi connectivity index (χ0v) is 9.98. The molecule has 1 fully saturated rings. The molecular formula is C13H19N3O. The number of amidine groups is 1. The van der Waals surface area contributed by atoms with Gasteiger partial charge in [0.25, 0.3) is 0 Å². The highest BCUT2D eigenvalue weighted by molar-refractivity contribution is 5.94. The fraction of sp³-hybridized carbons (Fsp3) is 0.462. The van der Waals surface area contributed by atoms with Gasteiger partial charge in [-0.05, 0) is 50.2 Å². The molecule has 0 atom stereocenters. The van der Waals surface area contributed by atoms with E-state index in [1.165, 1.54) is 25.9 Å². The van der Waals surface area contributed by atoms with Crippen LogP contribution in [0.5, 0.6) is 5.75 Å². The SMILES string of the molecule is N=C(N)c1ccc(OCCN2CCCC2)cc1. The van der Waals surface area contributed by atoms with Crippen molar-refractivity contribution in [2.24, 2.45) is 5.73 Å². The first-order valence-electron chi connectivity index (χ1n) is 6.05. The van der Waals surface area contributed by atoms with E-state index in [-0.39, 0.29) is 5.84 Å². The van der Waals surface area contributed by atoms with Crippen LogP contribution in [0, 0.1) is 5.41 Å². The summed E-state index contributed by atoms with van der Waals surface area (Å²) in [7, 11) is 0. The molecule has 0 unspecified atom stereocenters. The van der Waals surface area contributed by atoms with Crippen LogP contribution in [-0.2, 0) is 0 Å². The largest absolute Gasteiger partial charge is 0.492 e. The van der Waals surface area contributed by atoms with Crippen molar-refractivity contribution in [2.75, 3.05) is 26.2 Å². The molecule has 0 bridgehead atoms. The molecule has 0 amide bonds. The molecule has 0 aromatic heterocycles. The van der Waals surface area contributed by atoms with Crippen LogP contribution in [0.3, 0.4) is 0 Å². The quantitative estimate of drug-likeness (QED) is 0.597. The summed E-state index contributed by atoms with van der Waals surface area (Å²) in [5, 5.41) is 7.29. The molecule has 0 aliphatic carbocycles. The normalized spacial score (nSPS) is 16.0. The summed E-state index contributed by atoms with van der Waals surface area (Å²) in [4.78, 5) is 2.42. The van der Waals surface area contributed by atoms with Crippen LogP contribution in [-0.4, -0.2) is 37.0 Å². The van der Waals surface area contributed by atoms with Gasteiger partial charge in [-0.3, -0.25) is 10.3 Å². The van der Waals surface area contributed by atoms with Gasteiger partial charge < -0.3 is 10.5 Å². The third-order valence-electron chi connectivity index (χ3n) is 3.04. The van der Waals surface area contributed by atoms with E-state index in [1.807, 2.05) is 24.3 Å². The number of likely N-dealkylation sites (tertiary alicyclic amines) is 1. The van der Waals surface area contributed by atoms with Crippen molar-refractivity contribution in [3.8, 4) is 5.75 Å². The molecule has 17 heavy (non-hydrogen) atoms. The van der Waals surface area contributed by atoms with Crippen LogP contribution in [0.15, 0.2) is 24.3 Å². The summed E-state index contributed by atoms with van der Waals surface area (Å²) >= 11 is 0. The Morgan fingerprint density at radius 3 is 2.47 bits per heavy atom. The molecule has 1 heterocycles. The molecule has 1 aliphatic rings. The van der Waals surface area contributed by atoms with Gasteiger partial charge in [0.1, 0.15) is 18.2 Å². The van der Waals surface area contributed by atoms with E-state index < -0.39 is 0 Å². The van der Waals surface area contributed by atoms with Gasteiger partial charge >= 0.3 is 0 Å². The van der Waals surface area contributed by atoms with Gasteiger partial charge in [0.05, 0.1) is 0 Å². The molecule has 0 spiro atoms. The number of nitrogens with one attached hydrogen (secondary N) is 1. The first-order chi connectivity index (χ1) is 8.25. The van der Waals surface area contributed by atoms with E-state index in [0.717, 1.165) is 24.5 Å². The lowest BCUT2D eigenvalue weighted by Crippen LogP contribution is -2.25. The van der Waals surface area contributed by atoms with Gasteiger partial charge in [0, 0.05) is 12.1 Å². The summed E-state index contributed by atoms with van der Waals surface area (Å²) in [6, 6.07) is 7.35. The molecule has 1 saturated heterocycles. The van der Waals surface area contributed by atoms with Gasteiger partial charge in [-0.2, -0.15) is 0 Å². The Labute approximate surface area is 102 Å². The Morgan fingerprint density at radius 2 is 1.88 bits per heavy atom. The van der Waals surface area contributed by atoms with Crippen molar-refractivity contribution in [3.05, 3.63) is 29.8 Å². The Bertz CT molecular complexity index is 369. The van der Waals surface area contributed by atoms with Crippen LogP contribution in [0.25, 0.3) is 0 Å². The minimum atomic E-state index is 0.0913. The second-order valence-corrected chi connectivity index (χ2v) is 4.34. The van der Waals surface area contributed by atoms with E-state index in [9.17, 15) is 0 Å². The number of nitrogen functional groups attached to an aromatic ring is 1. The van der Waals surface area contributed by atoms with E-state index in [0.29, 0.717) is 0 Å². The topological polar surface area (TPSA) is 62.3 Å². The second-order valence-electron chi connectivity index (χ2n) is 4.34. The smallest absolute Gasteiger partial charge is 0.122 e. The zero-order chi connectivity index (χ0) is 12.1. The first kappa shape index (κ1) is 11.9. The van der Waals surface area contributed by atoms with Gasteiger partial charge in [0.15, 0.2) is 0 Å². The summed E-state index contributed by atoms with van der Waals surface area (Å²) in [5.74, 6) is 0.933. The van der Waals surface area contributed by atoms with E-state index in [1.54, 1.807) is 0 Å². The number of rotatable bonds is 5. The Morgan fingerprint density at radius 1 is 1.24 bits per heavy atom. The number of ether oxygens (including phenoxy) is 1. The summed E-state index contributed by atoms with van der Waals surface area (Å²) in [6.45, 7) is 4.12. The Kier molecular flexibility index (Phi) is 3.98. The van der Waals surface area contributed by atoms with Crippen molar-refractivity contribution < 1.29 is 4.74 Å². The molecular weight excluding hydrogens is 214 g/mol. The molecule has 2 rings (SSSR count). The number of hydrogen-bond acceptors (Lipinski definition) is 3. The fourth-order valence-corrected chi connectivity index (χ4v) is 2.03. The molecule has 1 aromatic carbocycles. The molecule has 0 saturated carbocycles. The summed E-state index contributed by atoms with van der Waals surface area (Å²) in [5.41, 5.74) is 6.12. The molecule has 3 N–H and O–H groups in total. The van der Waals surface area contributed by atoms with Crippen molar-refractivity contribution in [2.45, 2.75) is 12.8 Å². The standard InChI is InChI=1S/C13H19N3O/c14-13(15)11-3-5-12(6-4-11)17-10-9-16-7-1-2-8-16/h3-6H,1-2,7-10H2,(H3,14,15). The summed E-state index contributed by atoms with van der Waals surface area (Å²) in [6.07, 6.45) is 2.63. The van der Waals surface area contributed by atoms with E-state index in [2.05, 4.69) is 4.90 Å². The highest BCUT2D eigenvalue weighted by atomic mass is 16.5. The Balaban J connectivity index is 1.76. The monoisotopic (exact) mass is 233 g/mol.